The molecule has 57 heavy (non-hydrogen) atoms. The van der Waals surface area contributed by atoms with Crippen molar-refractivity contribution in [1.29, 1.82) is 0 Å². The largest absolute Gasteiger partial charge is 0.462 e. The monoisotopic (exact) mass is 807 g/mol. The van der Waals surface area contributed by atoms with Crippen molar-refractivity contribution >= 4 is 17.9 Å². The molecule has 0 radical (unpaired) electrons. The highest BCUT2D eigenvalue weighted by molar-refractivity contribution is 5.71. The van der Waals surface area contributed by atoms with Crippen molar-refractivity contribution in [2.24, 2.45) is 17.8 Å². The number of rotatable bonds is 44. The van der Waals surface area contributed by atoms with Crippen LogP contribution in [-0.2, 0) is 28.6 Å². The molecule has 0 saturated heterocycles. The van der Waals surface area contributed by atoms with Crippen molar-refractivity contribution in [2.75, 3.05) is 13.2 Å². The van der Waals surface area contributed by atoms with Gasteiger partial charge in [-0.05, 0) is 37.0 Å². The van der Waals surface area contributed by atoms with Gasteiger partial charge in [0.25, 0.3) is 0 Å². The molecule has 0 heterocycles. The molecule has 0 aromatic rings. The second-order valence-corrected chi connectivity index (χ2v) is 18.9. The Morgan fingerprint density at radius 1 is 0.298 bits per heavy atom. The van der Waals surface area contributed by atoms with Crippen LogP contribution in [0.4, 0.5) is 0 Å². The maximum atomic E-state index is 12.7. The molecule has 0 aliphatic heterocycles. The van der Waals surface area contributed by atoms with Crippen LogP contribution in [0.2, 0.25) is 0 Å². The van der Waals surface area contributed by atoms with Gasteiger partial charge in [0, 0.05) is 19.3 Å². The molecule has 0 aliphatic carbocycles. The lowest BCUT2D eigenvalue weighted by molar-refractivity contribution is -0.167. The first kappa shape index (κ1) is 55.4. The van der Waals surface area contributed by atoms with Crippen LogP contribution in [0, 0.1) is 17.8 Å². The normalized spacial score (nSPS) is 12.2. The Labute approximate surface area is 355 Å². The summed E-state index contributed by atoms with van der Waals surface area (Å²) in [6, 6.07) is 0. The van der Waals surface area contributed by atoms with Gasteiger partial charge in [-0.3, -0.25) is 14.4 Å². The summed E-state index contributed by atoms with van der Waals surface area (Å²) in [4.78, 5) is 37.8. The van der Waals surface area contributed by atoms with E-state index in [-0.39, 0.29) is 31.1 Å². The highest BCUT2D eigenvalue weighted by atomic mass is 16.6. The van der Waals surface area contributed by atoms with Crippen LogP contribution >= 0.6 is 0 Å². The van der Waals surface area contributed by atoms with Gasteiger partial charge in [-0.1, -0.05) is 234 Å². The maximum Gasteiger partial charge on any atom is 0.306 e. The Bertz CT molecular complexity index is 883. The molecule has 0 amide bonds. The highest BCUT2D eigenvalue weighted by Gasteiger charge is 2.19. The molecule has 0 N–H and O–H groups in total. The van der Waals surface area contributed by atoms with E-state index in [0.29, 0.717) is 19.3 Å². The SMILES string of the molecule is CC(C)CCCCCCCCCCCCCCCC(=O)OC[C@@H](COC(=O)CCCCCCCCCCCCCC(C)C)OC(=O)CCCCCCCCC(C)C. The average Bonchev–Trinajstić information content (AvgIpc) is 3.16. The summed E-state index contributed by atoms with van der Waals surface area (Å²) in [7, 11) is 0. The molecule has 6 heteroatoms. The zero-order valence-electron chi connectivity index (χ0n) is 39.1. The Balaban J connectivity index is 4.26. The van der Waals surface area contributed by atoms with Gasteiger partial charge in [0.1, 0.15) is 13.2 Å². The maximum absolute atomic E-state index is 12.7. The summed E-state index contributed by atoms with van der Waals surface area (Å²) in [6.45, 7) is 13.6. The topological polar surface area (TPSA) is 78.9 Å². The lowest BCUT2D eigenvalue weighted by Crippen LogP contribution is -2.30. The molecule has 0 rings (SSSR count). The van der Waals surface area contributed by atoms with E-state index in [0.717, 1.165) is 75.5 Å². The lowest BCUT2D eigenvalue weighted by Gasteiger charge is -2.18. The van der Waals surface area contributed by atoms with Gasteiger partial charge in [0.05, 0.1) is 0 Å². The Hall–Kier alpha value is -1.59. The minimum absolute atomic E-state index is 0.0659. The molecule has 1 atom stereocenters. The number of esters is 3. The molecule has 0 aromatic carbocycles. The minimum atomic E-state index is -0.762. The van der Waals surface area contributed by atoms with Crippen molar-refractivity contribution in [3.63, 3.8) is 0 Å². The van der Waals surface area contributed by atoms with Crippen molar-refractivity contribution in [3.8, 4) is 0 Å². The molecule has 0 saturated carbocycles. The van der Waals surface area contributed by atoms with Gasteiger partial charge >= 0.3 is 17.9 Å². The number of ether oxygens (including phenoxy) is 3. The van der Waals surface area contributed by atoms with Crippen LogP contribution in [0.25, 0.3) is 0 Å². The second-order valence-electron chi connectivity index (χ2n) is 18.9. The third kappa shape index (κ3) is 45.3. The van der Waals surface area contributed by atoms with E-state index in [1.165, 1.54) is 154 Å². The number of carbonyl (C=O) groups is 3. The van der Waals surface area contributed by atoms with Crippen molar-refractivity contribution < 1.29 is 28.6 Å². The zero-order valence-corrected chi connectivity index (χ0v) is 39.1. The molecule has 0 bridgehead atoms. The van der Waals surface area contributed by atoms with Crippen LogP contribution in [0.5, 0.6) is 0 Å². The van der Waals surface area contributed by atoms with Gasteiger partial charge in [-0.2, -0.15) is 0 Å². The van der Waals surface area contributed by atoms with Crippen LogP contribution in [0.3, 0.4) is 0 Å². The fourth-order valence-electron chi connectivity index (χ4n) is 7.59. The summed E-state index contributed by atoms with van der Waals surface area (Å²) in [5, 5.41) is 0. The minimum Gasteiger partial charge on any atom is -0.462 e. The van der Waals surface area contributed by atoms with E-state index in [4.69, 9.17) is 14.2 Å². The van der Waals surface area contributed by atoms with E-state index in [1.54, 1.807) is 0 Å². The number of unbranched alkanes of at least 4 members (excludes halogenated alkanes) is 27. The fraction of sp³-hybridized carbons (Fsp3) is 0.941. The molecule has 0 unspecified atom stereocenters. The highest BCUT2D eigenvalue weighted by Crippen LogP contribution is 2.17. The molecule has 0 spiro atoms. The van der Waals surface area contributed by atoms with Crippen LogP contribution in [0.1, 0.15) is 273 Å². The average molecular weight is 807 g/mol. The smallest absolute Gasteiger partial charge is 0.306 e. The molecular formula is C51H98O6. The number of hydrogen-bond acceptors (Lipinski definition) is 6. The van der Waals surface area contributed by atoms with Gasteiger partial charge in [-0.15, -0.1) is 0 Å². The third-order valence-electron chi connectivity index (χ3n) is 11.4. The zero-order chi connectivity index (χ0) is 42.0. The van der Waals surface area contributed by atoms with Gasteiger partial charge < -0.3 is 14.2 Å². The Morgan fingerprint density at radius 2 is 0.509 bits per heavy atom. The molecule has 338 valence electrons. The van der Waals surface area contributed by atoms with Gasteiger partial charge in [0.2, 0.25) is 0 Å². The summed E-state index contributed by atoms with van der Waals surface area (Å²) in [5.74, 6) is 1.57. The first-order valence-electron chi connectivity index (χ1n) is 25.1. The lowest BCUT2D eigenvalue weighted by atomic mass is 10.0. The van der Waals surface area contributed by atoms with Crippen LogP contribution < -0.4 is 0 Å². The van der Waals surface area contributed by atoms with E-state index in [2.05, 4.69) is 41.5 Å². The predicted octanol–water partition coefficient (Wildman–Crippen LogP) is 16.0. The quantitative estimate of drug-likeness (QED) is 0.0347. The molecule has 0 fully saturated rings. The Morgan fingerprint density at radius 3 is 0.754 bits per heavy atom. The van der Waals surface area contributed by atoms with Gasteiger partial charge in [-0.25, -0.2) is 0 Å². The summed E-state index contributed by atoms with van der Waals surface area (Å²) < 4.78 is 16.8. The fourth-order valence-corrected chi connectivity index (χ4v) is 7.59. The van der Waals surface area contributed by atoms with Crippen LogP contribution in [-0.4, -0.2) is 37.2 Å². The molecular weight excluding hydrogens is 709 g/mol. The van der Waals surface area contributed by atoms with E-state index >= 15 is 0 Å². The van der Waals surface area contributed by atoms with Crippen molar-refractivity contribution in [1.82, 2.24) is 0 Å². The standard InChI is InChI=1S/C51H98O6/c1-45(2)37-31-25-19-15-11-8-7-9-13-17-21-28-34-40-49(52)55-43-48(57-51(54)42-36-30-24-23-27-33-39-47(5)6)44-56-50(53)41-35-29-22-18-14-10-12-16-20-26-32-38-46(3)4/h45-48H,7-44H2,1-6H3/t48-/m0/s1. The number of carbonyl (C=O) groups excluding carboxylic acids is 3. The van der Waals surface area contributed by atoms with Crippen molar-refractivity contribution in [2.45, 2.75) is 279 Å². The summed E-state index contributed by atoms with van der Waals surface area (Å²) in [5.41, 5.74) is 0. The van der Waals surface area contributed by atoms with Crippen molar-refractivity contribution in [3.05, 3.63) is 0 Å². The Kier molecular flexibility index (Phi) is 41.3. The predicted molar refractivity (Wildman–Crippen MR) is 243 cm³/mol. The second kappa shape index (κ2) is 42.5. The first-order valence-corrected chi connectivity index (χ1v) is 25.1. The van der Waals surface area contributed by atoms with Crippen LogP contribution in [0.15, 0.2) is 0 Å². The third-order valence-corrected chi connectivity index (χ3v) is 11.4. The van der Waals surface area contributed by atoms with E-state index < -0.39 is 6.10 Å². The van der Waals surface area contributed by atoms with E-state index in [9.17, 15) is 14.4 Å². The summed E-state index contributed by atoms with van der Waals surface area (Å²) in [6.07, 6.45) is 41.0. The van der Waals surface area contributed by atoms with Gasteiger partial charge in [0.15, 0.2) is 6.10 Å². The first-order chi connectivity index (χ1) is 27.6. The summed E-state index contributed by atoms with van der Waals surface area (Å²) >= 11 is 0. The number of hydrogen-bond donors (Lipinski definition) is 0. The van der Waals surface area contributed by atoms with E-state index in [1.807, 2.05) is 0 Å². The molecule has 6 nitrogen and oxygen atoms in total. The molecule has 0 aliphatic rings. The molecule has 0 aromatic heterocycles.